The molecule has 1 heterocycles. The molecule has 5 nitrogen and oxygen atoms in total. The summed E-state index contributed by atoms with van der Waals surface area (Å²) in [6.07, 6.45) is 3.53. The van der Waals surface area contributed by atoms with Gasteiger partial charge < -0.3 is 10.2 Å². The van der Waals surface area contributed by atoms with Crippen LogP contribution in [0.2, 0.25) is 0 Å². The molecule has 0 spiro atoms. The van der Waals surface area contributed by atoms with Gasteiger partial charge in [-0.05, 0) is 58.4 Å². The first-order chi connectivity index (χ1) is 11.0. The third-order valence-corrected chi connectivity index (χ3v) is 4.76. The van der Waals surface area contributed by atoms with Gasteiger partial charge in [-0.15, -0.1) is 0 Å². The Morgan fingerprint density at radius 1 is 1.21 bits per heavy atom. The Morgan fingerprint density at radius 3 is 2.38 bits per heavy atom. The van der Waals surface area contributed by atoms with Crippen molar-refractivity contribution < 1.29 is 9.59 Å². The third-order valence-electron chi connectivity index (χ3n) is 4.76. The van der Waals surface area contributed by atoms with Crippen LogP contribution in [0.3, 0.4) is 0 Å². The summed E-state index contributed by atoms with van der Waals surface area (Å²) < 4.78 is 0. The number of carbonyl (C=O) groups excluding carboxylic acids is 2. The largest absolute Gasteiger partial charge is 0.350 e. The highest BCUT2D eigenvalue weighted by Crippen LogP contribution is 2.25. The lowest BCUT2D eigenvalue weighted by Gasteiger charge is -2.33. The van der Waals surface area contributed by atoms with Gasteiger partial charge in [-0.1, -0.05) is 20.8 Å². The summed E-state index contributed by atoms with van der Waals surface area (Å²) in [5.41, 5.74) is -0.273. The molecule has 2 atom stereocenters. The van der Waals surface area contributed by atoms with Crippen molar-refractivity contribution in [1.29, 1.82) is 0 Å². The molecular formula is C19H37N3O2. The van der Waals surface area contributed by atoms with Crippen LogP contribution in [0.25, 0.3) is 0 Å². The molecule has 0 aromatic rings. The van der Waals surface area contributed by atoms with Crippen LogP contribution in [0.4, 0.5) is 0 Å². The van der Waals surface area contributed by atoms with Crippen molar-refractivity contribution >= 4 is 11.8 Å². The molecule has 0 saturated carbocycles. The van der Waals surface area contributed by atoms with E-state index in [9.17, 15) is 9.59 Å². The molecule has 24 heavy (non-hydrogen) atoms. The van der Waals surface area contributed by atoms with Crippen molar-refractivity contribution in [1.82, 2.24) is 15.1 Å². The Kier molecular flexibility index (Phi) is 7.71. The first-order valence-electron chi connectivity index (χ1n) is 9.28. The predicted molar refractivity (Wildman–Crippen MR) is 98.7 cm³/mol. The van der Waals surface area contributed by atoms with E-state index in [0.717, 1.165) is 25.3 Å². The normalized spacial score (nSPS) is 23.0. The minimum absolute atomic E-state index is 0.0271. The monoisotopic (exact) mass is 339 g/mol. The molecule has 140 valence electrons. The summed E-state index contributed by atoms with van der Waals surface area (Å²) in [5.74, 6) is 1.18. The molecule has 1 aliphatic rings. The fourth-order valence-electron chi connectivity index (χ4n) is 3.34. The fraction of sp³-hybridized carbons (Fsp3) is 0.895. The number of likely N-dealkylation sites (tertiary alicyclic amines) is 1. The molecule has 0 aromatic carbocycles. The van der Waals surface area contributed by atoms with Crippen LogP contribution in [0.5, 0.6) is 0 Å². The third kappa shape index (κ3) is 7.20. The van der Waals surface area contributed by atoms with Gasteiger partial charge in [0.15, 0.2) is 0 Å². The van der Waals surface area contributed by atoms with Gasteiger partial charge in [0.05, 0.1) is 13.1 Å². The molecule has 1 aliphatic heterocycles. The van der Waals surface area contributed by atoms with Crippen molar-refractivity contribution in [3.05, 3.63) is 0 Å². The molecule has 2 amide bonds. The minimum Gasteiger partial charge on any atom is -0.350 e. The molecule has 1 saturated heterocycles. The fourth-order valence-corrected chi connectivity index (χ4v) is 3.34. The van der Waals surface area contributed by atoms with Gasteiger partial charge in [0.2, 0.25) is 11.8 Å². The van der Waals surface area contributed by atoms with Crippen molar-refractivity contribution in [2.45, 2.75) is 72.4 Å². The predicted octanol–water partition coefficient (Wildman–Crippen LogP) is 2.51. The summed E-state index contributed by atoms with van der Waals surface area (Å²) >= 11 is 0. The highest BCUT2D eigenvalue weighted by atomic mass is 16.2. The van der Waals surface area contributed by atoms with E-state index in [-0.39, 0.29) is 23.9 Å². The summed E-state index contributed by atoms with van der Waals surface area (Å²) in [6.45, 7) is 14.1. The van der Waals surface area contributed by atoms with Crippen molar-refractivity contribution in [3.8, 4) is 0 Å². The lowest BCUT2D eigenvalue weighted by molar-refractivity contribution is -0.136. The van der Waals surface area contributed by atoms with Gasteiger partial charge in [-0.3, -0.25) is 14.5 Å². The Morgan fingerprint density at radius 2 is 1.83 bits per heavy atom. The van der Waals surface area contributed by atoms with E-state index in [4.69, 9.17) is 0 Å². The topological polar surface area (TPSA) is 52.7 Å². The molecule has 0 bridgehead atoms. The van der Waals surface area contributed by atoms with Crippen molar-refractivity contribution in [2.24, 2.45) is 11.8 Å². The van der Waals surface area contributed by atoms with Crippen LogP contribution in [-0.4, -0.2) is 59.9 Å². The molecule has 0 aromatic heterocycles. The summed E-state index contributed by atoms with van der Waals surface area (Å²) in [7, 11) is 1.72. The first-order valence-corrected chi connectivity index (χ1v) is 9.28. The highest BCUT2D eigenvalue weighted by Gasteiger charge is 2.28. The zero-order valence-corrected chi connectivity index (χ0v) is 16.7. The van der Waals surface area contributed by atoms with Crippen LogP contribution in [0.1, 0.15) is 60.8 Å². The maximum atomic E-state index is 12.6. The zero-order valence-electron chi connectivity index (χ0n) is 16.7. The average Bonchev–Trinajstić information content (AvgIpc) is 2.58. The van der Waals surface area contributed by atoms with Crippen LogP contribution < -0.4 is 5.32 Å². The zero-order chi connectivity index (χ0) is 18.5. The van der Waals surface area contributed by atoms with Crippen molar-refractivity contribution in [2.75, 3.05) is 26.7 Å². The van der Waals surface area contributed by atoms with E-state index < -0.39 is 0 Å². The molecule has 0 radical (unpaired) electrons. The van der Waals surface area contributed by atoms with E-state index in [2.05, 4.69) is 31.0 Å². The molecular weight excluding hydrogens is 302 g/mol. The maximum Gasteiger partial charge on any atom is 0.240 e. The van der Waals surface area contributed by atoms with Crippen LogP contribution >= 0.6 is 0 Å². The lowest BCUT2D eigenvalue weighted by Crippen LogP contribution is -2.49. The quantitative estimate of drug-likeness (QED) is 0.837. The molecule has 2 unspecified atom stereocenters. The number of likely N-dealkylation sites (N-methyl/N-ethyl adjacent to an activating group) is 1. The number of amides is 2. The van der Waals surface area contributed by atoms with Crippen LogP contribution in [0, 0.1) is 11.8 Å². The van der Waals surface area contributed by atoms with E-state index in [0.29, 0.717) is 18.5 Å². The Bertz CT molecular complexity index is 429. The Hall–Kier alpha value is -1.10. The number of hydrogen-bond donors (Lipinski definition) is 1. The number of rotatable bonds is 5. The summed E-state index contributed by atoms with van der Waals surface area (Å²) in [4.78, 5) is 28.5. The van der Waals surface area contributed by atoms with E-state index in [1.165, 1.54) is 6.42 Å². The van der Waals surface area contributed by atoms with Gasteiger partial charge in [0.25, 0.3) is 0 Å². The van der Waals surface area contributed by atoms with Gasteiger partial charge in [0, 0.05) is 18.6 Å². The van der Waals surface area contributed by atoms with Gasteiger partial charge in [0.1, 0.15) is 0 Å². The van der Waals surface area contributed by atoms with Gasteiger partial charge in [-0.25, -0.2) is 0 Å². The van der Waals surface area contributed by atoms with Crippen molar-refractivity contribution in [3.63, 3.8) is 0 Å². The van der Waals surface area contributed by atoms with Crippen LogP contribution in [0.15, 0.2) is 0 Å². The maximum absolute atomic E-state index is 12.6. The molecule has 1 N–H and O–H groups in total. The van der Waals surface area contributed by atoms with Crippen LogP contribution in [-0.2, 0) is 9.59 Å². The smallest absolute Gasteiger partial charge is 0.240 e. The SMILES string of the molecule is CC1CCC(C(C)C)N(CC(=O)N(C)CC(=O)NC(C)(C)C)CC1. The minimum atomic E-state index is -0.273. The molecule has 1 rings (SSSR count). The van der Waals surface area contributed by atoms with E-state index in [1.54, 1.807) is 11.9 Å². The number of carbonyl (C=O) groups is 2. The molecule has 0 aliphatic carbocycles. The van der Waals surface area contributed by atoms with E-state index >= 15 is 0 Å². The highest BCUT2D eigenvalue weighted by molar-refractivity contribution is 5.85. The Labute approximate surface area is 148 Å². The summed E-state index contributed by atoms with van der Waals surface area (Å²) in [5, 5.41) is 2.90. The number of nitrogens with one attached hydrogen (secondary N) is 1. The molecule has 5 heteroatoms. The number of hydrogen-bond acceptors (Lipinski definition) is 3. The lowest BCUT2D eigenvalue weighted by atomic mass is 9.95. The second-order valence-corrected chi connectivity index (χ2v) is 8.80. The Balaban J connectivity index is 2.61. The van der Waals surface area contributed by atoms with Gasteiger partial charge in [-0.2, -0.15) is 0 Å². The standard InChI is InChI=1S/C19H37N3O2/c1-14(2)16-9-8-15(3)10-11-22(16)13-18(24)21(7)12-17(23)20-19(4,5)6/h14-16H,8-13H2,1-7H3,(H,20,23). The first kappa shape index (κ1) is 20.9. The average molecular weight is 340 g/mol. The van der Waals surface area contributed by atoms with E-state index in [1.807, 2.05) is 20.8 Å². The number of nitrogens with zero attached hydrogens (tertiary/aromatic N) is 2. The molecule has 1 fully saturated rings. The second kappa shape index (κ2) is 8.84. The summed E-state index contributed by atoms with van der Waals surface area (Å²) in [6, 6.07) is 0.454. The van der Waals surface area contributed by atoms with Gasteiger partial charge >= 0.3 is 0 Å². The second-order valence-electron chi connectivity index (χ2n) is 8.80.